The number of esters is 1. The van der Waals surface area contributed by atoms with Crippen LogP contribution in [0.4, 0.5) is 11.4 Å². The molecule has 1 aliphatic rings. The predicted octanol–water partition coefficient (Wildman–Crippen LogP) is 4.49. The minimum absolute atomic E-state index is 0.181. The Kier molecular flexibility index (Phi) is 5.44. The molecule has 0 atom stereocenters. The molecule has 3 aromatic rings. The van der Waals surface area contributed by atoms with E-state index in [0.29, 0.717) is 27.9 Å². The number of carbonyl (C=O) groups excluding carboxylic acids is 2. The number of carbonyl (C=O) groups is 2. The van der Waals surface area contributed by atoms with Crippen molar-refractivity contribution in [2.45, 2.75) is 11.8 Å². The number of nitrogens with zero attached hydrogens (tertiary/aromatic N) is 1. The largest absolute Gasteiger partial charge is 0.465 e. The zero-order valence-electron chi connectivity index (χ0n) is 17.5. The summed E-state index contributed by atoms with van der Waals surface area (Å²) in [6, 6.07) is 14.4. The highest BCUT2D eigenvalue weighted by Gasteiger charge is 2.34. The Bertz CT molecular complexity index is 1390. The number of amides is 1. The van der Waals surface area contributed by atoms with Gasteiger partial charge in [0.2, 0.25) is 0 Å². The number of fused-ring (bicyclic) bond motifs is 3. The molecule has 0 unspecified atom stereocenters. The number of rotatable bonds is 3. The Hall–Kier alpha value is -3.36. The molecule has 0 fully saturated rings. The lowest BCUT2D eigenvalue weighted by molar-refractivity contribution is 0.0600. The smallest absolute Gasteiger partial charge is 0.337 e. The molecule has 9 heteroatoms. The first kappa shape index (κ1) is 21.9. The van der Waals surface area contributed by atoms with Gasteiger partial charge >= 0.3 is 5.97 Å². The van der Waals surface area contributed by atoms with Gasteiger partial charge in [-0.1, -0.05) is 29.8 Å². The first-order valence-electron chi connectivity index (χ1n) is 9.57. The number of benzene rings is 3. The van der Waals surface area contributed by atoms with Gasteiger partial charge in [-0.15, -0.1) is 0 Å². The monoisotopic (exact) mass is 470 g/mol. The molecule has 32 heavy (non-hydrogen) atoms. The number of sulfonamides is 1. The fraction of sp³-hybridized carbons (Fsp3) is 0.130. The molecule has 1 N–H and O–H groups in total. The number of ether oxygens (including phenoxy) is 1. The average molecular weight is 471 g/mol. The average Bonchev–Trinajstić information content (AvgIpc) is 2.78. The van der Waals surface area contributed by atoms with E-state index in [9.17, 15) is 18.0 Å². The number of anilines is 2. The van der Waals surface area contributed by atoms with Gasteiger partial charge in [-0.3, -0.25) is 9.10 Å². The van der Waals surface area contributed by atoms with E-state index in [4.69, 9.17) is 16.3 Å². The SMILES string of the molecule is COC(=O)c1ccc(Cl)c(NC(=O)c2cc(C)c3c(c2)-c2ccccc2S(=O)(=O)N3C)c1. The van der Waals surface area contributed by atoms with Crippen LogP contribution in [0.15, 0.2) is 59.5 Å². The van der Waals surface area contributed by atoms with Gasteiger partial charge in [0, 0.05) is 23.7 Å². The van der Waals surface area contributed by atoms with Crippen molar-refractivity contribution in [3.05, 3.63) is 76.3 Å². The van der Waals surface area contributed by atoms with Crippen molar-refractivity contribution in [3.63, 3.8) is 0 Å². The summed E-state index contributed by atoms with van der Waals surface area (Å²) < 4.78 is 31.8. The summed E-state index contributed by atoms with van der Waals surface area (Å²) in [5.41, 5.74) is 3.14. The van der Waals surface area contributed by atoms with E-state index in [1.807, 2.05) is 0 Å². The normalized spacial score (nSPS) is 13.7. The maximum absolute atomic E-state index is 13.1. The quantitative estimate of drug-likeness (QED) is 0.569. The van der Waals surface area contributed by atoms with Crippen LogP contribution in [0.3, 0.4) is 0 Å². The van der Waals surface area contributed by atoms with Crippen LogP contribution in [-0.2, 0) is 14.8 Å². The third-order valence-electron chi connectivity index (χ3n) is 5.33. The van der Waals surface area contributed by atoms with Crippen LogP contribution in [0, 0.1) is 6.92 Å². The number of methoxy groups -OCH3 is 1. The Morgan fingerprint density at radius 1 is 1.00 bits per heavy atom. The summed E-state index contributed by atoms with van der Waals surface area (Å²) in [5.74, 6) is -1.00. The molecule has 164 valence electrons. The van der Waals surface area contributed by atoms with Crippen molar-refractivity contribution in [2.75, 3.05) is 23.8 Å². The lowest BCUT2D eigenvalue weighted by atomic mass is 9.96. The van der Waals surface area contributed by atoms with E-state index in [1.54, 1.807) is 43.3 Å². The summed E-state index contributed by atoms with van der Waals surface area (Å²) in [6.45, 7) is 1.75. The zero-order valence-corrected chi connectivity index (χ0v) is 19.0. The molecule has 1 aliphatic heterocycles. The van der Waals surface area contributed by atoms with Gasteiger partial charge in [-0.2, -0.15) is 0 Å². The van der Waals surface area contributed by atoms with E-state index in [2.05, 4.69) is 5.32 Å². The summed E-state index contributed by atoms with van der Waals surface area (Å²) in [5, 5.41) is 2.98. The molecule has 0 bridgehead atoms. The fourth-order valence-corrected chi connectivity index (χ4v) is 5.43. The number of hydrogen-bond donors (Lipinski definition) is 1. The summed E-state index contributed by atoms with van der Waals surface area (Å²) in [4.78, 5) is 25.0. The van der Waals surface area contributed by atoms with Gasteiger partial charge in [0.05, 0.1) is 34.0 Å². The summed E-state index contributed by atoms with van der Waals surface area (Å²) in [6.07, 6.45) is 0. The lowest BCUT2D eigenvalue weighted by Crippen LogP contribution is -2.31. The van der Waals surface area contributed by atoms with Crippen LogP contribution < -0.4 is 9.62 Å². The second-order valence-electron chi connectivity index (χ2n) is 7.30. The third kappa shape index (κ3) is 3.51. The minimum Gasteiger partial charge on any atom is -0.465 e. The molecule has 1 heterocycles. The van der Waals surface area contributed by atoms with Crippen LogP contribution >= 0.6 is 11.6 Å². The zero-order chi connectivity index (χ0) is 23.2. The van der Waals surface area contributed by atoms with E-state index in [1.165, 1.54) is 36.7 Å². The maximum Gasteiger partial charge on any atom is 0.337 e. The summed E-state index contributed by atoms with van der Waals surface area (Å²) >= 11 is 6.20. The summed E-state index contributed by atoms with van der Waals surface area (Å²) in [7, 11) is -0.929. The molecular formula is C23H19ClN2O5S. The number of hydrogen-bond acceptors (Lipinski definition) is 5. The van der Waals surface area contributed by atoms with Gasteiger partial charge in [0.25, 0.3) is 15.9 Å². The van der Waals surface area contributed by atoms with Crippen molar-refractivity contribution in [1.29, 1.82) is 0 Å². The lowest BCUT2D eigenvalue weighted by Gasteiger charge is -2.31. The number of halogens is 1. The molecule has 0 saturated heterocycles. The molecule has 0 radical (unpaired) electrons. The first-order valence-corrected chi connectivity index (χ1v) is 11.4. The standard InChI is InChI=1S/C23H19ClN2O5S/c1-13-10-15(22(27)25-19-12-14(23(28)31-3)8-9-18(19)24)11-17-16-6-4-5-7-20(16)32(29,30)26(2)21(13)17/h4-12H,1-3H3,(H,25,27). The van der Waals surface area contributed by atoms with Crippen LogP contribution in [0.25, 0.3) is 11.1 Å². The van der Waals surface area contributed by atoms with Gasteiger partial charge < -0.3 is 10.1 Å². The Morgan fingerprint density at radius 2 is 1.72 bits per heavy atom. The maximum atomic E-state index is 13.1. The van der Waals surface area contributed by atoms with Crippen LogP contribution in [0.1, 0.15) is 26.3 Å². The van der Waals surface area contributed by atoms with Crippen molar-refractivity contribution in [1.82, 2.24) is 0 Å². The van der Waals surface area contributed by atoms with Gasteiger partial charge in [-0.25, -0.2) is 13.2 Å². The second kappa shape index (κ2) is 7.96. The van der Waals surface area contributed by atoms with Crippen molar-refractivity contribution < 1.29 is 22.7 Å². The van der Waals surface area contributed by atoms with E-state index < -0.39 is 21.9 Å². The van der Waals surface area contributed by atoms with Gasteiger partial charge in [0.15, 0.2) is 0 Å². The Balaban J connectivity index is 1.78. The molecule has 1 amide bonds. The number of aryl methyl sites for hydroxylation is 1. The van der Waals surface area contributed by atoms with Crippen LogP contribution in [-0.4, -0.2) is 34.5 Å². The molecule has 3 aromatic carbocycles. The topological polar surface area (TPSA) is 92.8 Å². The number of nitrogens with one attached hydrogen (secondary N) is 1. The Labute approximate surface area is 190 Å². The molecule has 0 aromatic heterocycles. The van der Waals surface area contributed by atoms with Crippen molar-refractivity contribution in [3.8, 4) is 11.1 Å². The molecule has 0 aliphatic carbocycles. The van der Waals surface area contributed by atoms with E-state index in [-0.39, 0.29) is 21.2 Å². The molecular weight excluding hydrogens is 452 g/mol. The highest BCUT2D eigenvalue weighted by Crippen LogP contribution is 2.44. The van der Waals surface area contributed by atoms with Crippen LogP contribution in [0.2, 0.25) is 5.02 Å². The second-order valence-corrected chi connectivity index (χ2v) is 9.64. The van der Waals surface area contributed by atoms with Crippen LogP contribution in [0.5, 0.6) is 0 Å². The van der Waals surface area contributed by atoms with Gasteiger partial charge in [0.1, 0.15) is 0 Å². The van der Waals surface area contributed by atoms with E-state index in [0.717, 1.165) is 0 Å². The minimum atomic E-state index is -3.69. The van der Waals surface area contributed by atoms with E-state index >= 15 is 0 Å². The third-order valence-corrected chi connectivity index (χ3v) is 7.47. The Morgan fingerprint density at radius 3 is 2.44 bits per heavy atom. The van der Waals surface area contributed by atoms with Gasteiger partial charge in [-0.05, 0) is 48.9 Å². The molecule has 7 nitrogen and oxygen atoms in total. The van der Waals surface area contributed by atoms with Crippen molar-refractivity contribution in [2.24, 2.45) is 0 Å². The molecule has 4 rings (SSSR count). The highest BCUT2D eigenvalue weighted by atomic mass is 35.5. The van der Waals surface area contributed by atoms with Crippen molar-refractivity contribution >= 4 is 44.9 Å². The highest BCUT2D eigenvalue weighted by molar-refractivity contribution is 7.93. The fourth-order valence-electron chi connectivity index (χ4n) is 3.78. The molecule has 0 saturated carbocycles. The molecule has 0 spiro atoms. The first-order chi connectivity index (χ1) is 15.1. The predicted molar refractivity (Wildman–Crippen MR) is 123 cm³/mol.